The smallest absolute Gasteiger partial charge is 0.323 e. The van der Waals surface area contributed by atoms with E-state index in [1.165, 1.54) is 7.05 Å². The monoisotopic (exact) mass is 343 g/mol. The zero-order valence-corrected chi connectivity index (χ0v) is 12.8. The van der Waals surface area contributed by atoms with Gasteiger partial charge in [0.2, 0.25) is 0 Å². The van der Waals surface area contributed by atoms with Crippen molar-refractivity contribution in [3.05, 3.63) is 0 Å². The van der Waals surface area contributed by atoms with Crippen molar-refractivity contribution in [1.82, 2.24) is 4.90 Å². The molecule has 8 N–H and O–H groups in total. The minimum absolute atomic E-state index is 0. The molecule has 10 nitrogen and oxygen atoms in total. The first-order valence-electron chi connectivity index (χ1n) is 5.82. The van der Waals surface area contributed by atoms with Crippen LogP contribution < -0.4 is 5.73 Å². The number of carbonyl (C=O) groups is 2. The number of quaternary nitrogens is 1. The van der Waals surface area contributed by atoms with Crippen LogP contribution in [0.4, 0.5) is 0 Å². The Labute approximate surface area is 138 Å². The van der Waals surface area contributed by atoms with Crippen LogP contribution in [-0.4, -0.2) is 95.5 Å². The Morgan fingerprint density at radius 2 is 1.57 bits per heavy atom. The van der Waals surface area contributed by atoms with E-state index < -0.39 is 18.0 Å². The predicted octanol–water partition coefficient (Wildman–Crippen LogP) is -1.13. The van der Waals surface area contributed by atoms with Crippen molar-refractivity contribution in [2.24, 2.45) is 5.73 Å². The molecule has 142 valence electrons. The van der Waals surface area contributed by atoms with Gasteiger partial charge in [0.1, 0.15) is 19.2 Å². The van der Waals surface area contributed by atoms with Gasteiger partial charge in [-0.3, -0.25) is 15.0 Å². The fourth-order valence-corrected chi connectivity index (χ4v) is 1.19. The van der Waals surface area contributed by atoms with Crippen LogP contribution in [0.25, 0.3) is 0 Å². The number of nitrogens with two attached hydrogens (primary N) is 1. The van der Waals surface area contributed by atoms with Crippen LogP contribution in [0.3, 0.4) is 0 Å². The normalized spacial score (nSPS) is 10.3. The Balaban J connectivity index is -0.0000000843. The van der Waals surface area contributed by atoms with Crippen LogP contribution in [0.1, 0.15) is 21.3 Å². The maximum Gasteiger partial charge on any atom is 0.323 e. The molecule has 1 unspecified atom stereocenters. The molecule has 1 atom stereocenters. The van der Waals surface area contributed by atoms with Gasteiger partial charge >= 0.3 is 11.9 Å². The van der Waals surface area contributed by atoms with Gasteiger partial charge in [0, 0.05) is 7.05 Å². The lowest BCUT2D eigenvalue weighted by molar-refractivity contribution is -0.873. The van der Waals surface area contributed by atoms with Gasteiger partial charge in [-0.05, 0) is 0 Å². The Hall–Kier alpha value is -1.91. The third-order valence-corrected chi connectivity index (χ3v) is 1.95. The Kier molecular flexibility index (Phi) is 21.4. The second-order valence-corrected chi connectivity index (χ2v) is 5.36. The quantitative estimate of drug-likeness (QED) is 0.230. The predicted molar refractivity (Wildman–Crippen MR) is 90.4 cm³/mol. The average Bonchev–Trinajstić information content (AvgIpc) is 2.12. The summed E-state index contributed by atoms with van der Waals surface area (Å²) in [5, 5.41) is 32.3. The summed E-state index contributed by atoms with van der Waals surface area (Å²) in [6.07, 6.45) is -0.914. The molecule has 0 aromatic rings. The highest BCUT2D eigenvalue weighted by atomic mass is 16.4. The number of carboxylic acids is 2. The van der Waals surface area contributed by atoms with Crippen LogP contribution in [-0.2, 0) is 9.59 Å². The van der Waals surface area contributed by atoms with Gasteiger partial charge in [-0.2, -0.15) is 0 Å². The first-order valence-corrected chi connectivity index (χ1v) is 5.82. The highest BCUT2D eigenvalue weighted by Crippen LogP contribution is 1.98. The van der Waals surface area contributed by atoms with Gasteiger partial charge in [-0.15, -0.1) is 0 Å². The Morgan fingerprint density at radius 1 is 1.17 bits per heavy atom. The summed E-state index contributed by atoms with van der Waals surface area (Å²) in [7, 11) is 7.16. The SMILES string of the molecule is C.C.CN(CC(=O)O)C(=N)N.C[N+](C)(C)CC(O)CC(=O)O.O. The maximum atomic E-state index is 10.1. The standard InChI is InChI=1S/C7H15NO3.C4H9N3O2.2CH4.H2O/c1-8(2,3)5-6(9)4-7(10)11;1-7(4(5)6)2-3(8)9;;;/h6,9H,4-5H2,1-3H3;2H2,1H3,(H3,5,6)(H,8,9);2*1H4;1H2/p+1. The zero-order valence-electron chi connectivity index (χ0n) is 12.8. The molecule has 0 aliphatic rings. The topological polar surface area (TPSA) is 179 Å². The van der Waals surface area contributed by atoms with Gasteiger partial charge in [0.15, 0.2) is 5.96 Å². The summed E-state index contributed by atoms with van der Waals surface area (Å²) >= 11 is 0. The molecule has 0 saturated carbocycles. The number of hydrogen-bond acceptors (Lipinski definition) is 4. The zero-order chi connectivity index (χ0) is 16.5. The molecule has 0 radical (unpaired) electrons. The summed E-state index contributed by atoms with van der Waals surface area (Å²) in [4.78, 5) is 21.2. The molecule has 0 rings (SSSR count). The third-order valence-electron chi connectivity index (χ3n) is 1.95. The lowest BCUT2D eigenvalue weighted by atomic mass is 10.2. The second-order valence-electron chi connectivity index (χ2n) is 5.36. The Bertz CT molecular complexity index is 344. The molecule has 0 aliphatic heterocycles. The molecule has 23 heavy (non-hydrogen) atoms. The van der Waals surface area contributed by atoms with Crippen molar-refractivity contribution in [3.8, 4) is 0 Å². The molecular formula is C13H35N4O6+. The van der Waals surface area contributed by atoms with Crippen molar-refractivity contribution in [2.75, 3.05) is 41.3 Å². The van der Waals surface area contributed by atoms with E-state index in [1.807, 2.05) is 21.1 Å². The van der Waals surface area contributed by atoms with Gasteiger partial charge in [0.05, 0.1) is 27.6 Å². The summed E-state index contributed by atoms with van der Waals surface area (Å²) in [5.41, 5.74) is 4.93. The van der Waals surface area contributed by atoms with Crippen molar-refractivity contribution in [2.45, 2.75) is 27.4 Å². The first-order chi connectivity index (χ1) is 8.85. The molecule has 0 aromatic carbocycles. The number of nitrogens with zero attached hydrogens (tertiary/aromatic N) is 2. The molecular weight excluding hydrogens is 308 g/mol. The van der Waals surface area contributed by atoms with E-state index in [4.69, 9.17) is 26.5 Å². The number of aliphatic hydroxyl groups excluding tert-OH is 1. The molecule has 0 spiro atoms. The summed E-state index contributed by atoms with van der Waals surface area (Å²) in [6, 6.07) is 0. The van der Waals surface area contributed by atoms with Crippen LogP contribution >= 0.6 is 0 Å². The molecule has 0 fully saturated rings. The number of guanidine groups is 1. The van der Waals surface area contributed by atoms with Crippen LogP contribution in [0.5, 0.6) is 0 Å². The number of carboxylic acid groups (broad SMARTS) is 2. The number of rotatable bonds is 6. The minimum atomic E-state index is -0.993. The fourth-order valence-electron chi connectivity index (χ4n) is 1.19. The number of hydrogen-bond donors (Lipinski definition) is 5. The number of aliphatic hydroxyl groups is 1. The maximum absolute atomic E-state index is 10.1. The van der Waals surface area contributed by atoms with E-state index in [1.54, 1.807) is 0 Å². The number of nitrogens with one attached hydrogen (secondary N) is 1. The molecule has 0 bridgehead atoms. The van der Waals surface area contributed by atoms with E-state index >= 15 is 0 Å². The van der Waals surface area contributed by atoms with Crippen LogP contribution in [0.2, 0.25) is 0 Å². The molecule has 0 aliphatic carbocycles. The van der Waals surface area contributed by atoms with Gasteiger partial charge in [-0.1, -0.05) is 14.9 Å². The lowest BCUT2D eigenvalue weighted by Crippen LogP contribution is -2.42. The van der Waals surface area contributed by atoms with Crippen molar-refractivity contribution in [3.63, 3.8) is 0 Å². The molecule has 0 aromatic heterocycles. The van der Waals surface area contributed by atoms with E-state index in [-0.39, 0.29) is 39.3 Å². The van der Waals surface area contributed by atoms with Crippen molar-refractivity contribution < 1.29 is 34.9 Å². The van der Waals surface area contributed by atoms with E-state index in [2.05, 4.69) is 0 Å². The van der Waals surface area contributed by atoms with Crippen molar-refractivity contribution >= 4 is 17.9 Å². The first kappa shape index (κ1) is 32.9. The lowest BCUT2D eigenvalue weighted by Gasteiger charge is -2.25. The fraction of sp³-hybridized carbons (Fsp3) is 0.769. The van der Waals surface area contributed by atoms with Gasteiger partial charge in [-0.25, -0.2) is 0 Å². The van der Waals surface area contributed by atoms with Gasteiger partial charge in [0.25, 0.3) is 0 Å². The number of aliphatic carboxylic acids is 2. The average molecular weight is 343 g/mol. The summed E-state index contributed by atoms with van der Waals surface area (Å²) < 4.78 is 0.578. The molecule has 0 heterocycles. The summed E-state index contributed by atoms with van der Waals surface area (Å²) in [5.74, 6) is -2.18. The number of likely N-dealkylation sites (N-methyl/N-ethyl adjacent to an activating group) is 2. The highest BCUT2D eigenvalue weighted by Gasteiger charge is 2.17. The summed E-state index contributed by atoms with van der Waals surface area (Å²) in [6.45, 7) is 0.238. The third kappa shape index (κ3) is 28.9. The highest BCUT2D eigenvalue weighted by molar-refractivity contribution is 5.79. The van der Waals surface area contributed by atoms with E-state index in [9.17, 15) is 9.59 Å². The minimum Gasteiger partial charge on any atom is -0.481 e. The van der Waals surface area contributed by atoms with E-state index in [0.717, 1.165) is 4.90 Å². The Morgan fingerprint density at radius 3 is 1.74 bits per heavy atom. The molecule has 10 heteroatoms. The second kappa shape index (κ2) is 15.0. The van der Waals surface area contributed by atoms with Crippen molar-refractivity contribution in [1.29, 1.82) is 5.41 Å². The van der Waals surface area contributed by atoms with E-state index in [0.29, 0.717) is 11.0 Å². The van der Waals surface area contributed by atoms with Gasteiger partial charge < -0.3 is 35.9 Å². The molecule has 0 amide bonds. The molecule has 0 saturated heterocycles. The van der Waals surface area contributed by atoms with Crippen LogP contribution in [0.15, 0.2) is 0 Å². The van der Waals surface area contributed by atoms with Crippen LogP contribution in [0, 0.1) is 5.41 Å². The largest absolute Gasteiger partial charge is 0.481 e.